The number of hydrogen-bond donors (Lipinski definition) is 1. The predicted molar refractivity (Wildman–Crippen MR) is 64.0 cm³/mol. The quantitative estimate of drug-likeness (QED) is 0.651. The first-order valence-corrected chi connectivity index (χ1v) is 5.66. The van der Waals surface area contributed by atoms with E-state index in [1.54, 1.807) is 6.07 Å². The molecule has 0 saturated carbocycles. The minimum atomic E-state index is -0.959. The van der Waals surface area contributed by atoms with E-state index in [4.69, 9.17) is 0 Å². The predicted octanol–water partition coefficient (Wildman–Crippen LogP) is 1.19. The fraction of sp³-hybridized carbons (Fsp3) is 0.364. The van der Waals surface area contributed by atoms with Gasteiger partial charge in [-0.05, 0) is 5.56 Å². The van der Waals surface area contributed by atoms with Gasteiger partial charge >= 0.3 is 0 Å². The summed E-state index contributed by atoms with van der Waals surface area (Å²) >= 11 is 0. The molecule has 0 spiro atoms. The number of benzene rings is 1. The fourth-order valence-corrected chi connectivity index (χ4v) is 2.15. The Labute approximate surface area is 107 Å². The molecule has 8 nitrogen and oxygen atoms in total. The minimum absolute atomic E-state index is 0.0943. The number of non-ortho nitro benzene ring substituents is 1. The summed E-state index contributed by atoms with van der Waals surface area (Å²) in [6, 6.07) is 3.77. The largest absolute Gasteiger partial charge is 0.343 e. The van der Waals surface area contributed by atoms with Crippen molar-refractivity contribution in [2.45, 2.75) is 24.9 Å². The van der Waals surface area contributed by atoms with Crippen molar-refractivity contribution >= 4 is 11.6 Å². The Kier molecular flexibility index (Phi) is 3.41. The topological polar surface area (TPSA) is 115 Å². The maximum atomic E-state index is 11.4. The molecule has 1 aliphatic heterocycles. The first kappa shape index (κ1) is 12.9. The van der Waals surface area contributed by atoms with Crippen LogP contribution >= 0.6 is 0 Å². The van der Waals surface area contributed by atoms with Crippen LogP contribution in [0.1, 0.15) is 24.4 Å². The molecule has 1 aromatic carbocycles. The van der Waals surface area contributed by atoms with Crippen molar-refractivity contribution in [1.29, 1.82) is 0 Å². The number of amides is 1. The number of piperidine rings is 1. The molecular formula is C11H11N3O5. The number of hydrogen-bond acceptors (Lipinski definition) is 5. The van der Waals surface area contributed by atoms with Crippen molar-refractivity contribution in [2.24, 2.45) is 0 Å². The van der Waals surface area contributed by atoms with Gasteiger partial charge in [0.2, 0.25) is 11.9 Å². The van der Waals surface area contributed by atoms with Gasteiger partial charge < -0.3 is 5.32 Å². The number of nitrogens with one attached hydrogen (secondary N) is 1. The first-order valence-electron chi connectivity index (χ1n) is 5.66. The van der Waals surface area contributed by atoms with Gasteiger partial charge in [0, 0.05) is 29.9 Å². The van der Waals surface area contributed by atoms with E-state index < -0.39 is 21.9 Å². The summed E-state index contributed by atoms with van der Waals surface area (Å²) in [5.74, 6) is -0.283. The third-order valence-electron chi connectivity index (χ3n) is 3.08. The normalized spacial score (nSPS) is 22.6. The van der Waals surface area contributed by atoms with Crippen molar-refractivity contribution in [1.82, 2.24) is 5.32 Å². The Morgan fingerprint density at radius 3 is 2.63 bits per heavy atom. The van der Waals surface area contributed by atoms with E-state index in [1.807, 2.05) is 0 Å². The average molecular weight is 265 g/mol. The molecule has 1 N–H and O–H groups in total. The minimum Gasteiger partial charge on any atom is -0.343 e. The van der Waals surface area contributed by atoms with Crippen molar-refractivity contribution in [2.75, 3.05) is 0 Å². The zero-order valence-electron chi connectivity index (χ0n) is 9.81. The third kappa shape index (κ3) is 2.67. The molecule has 1 fully saturated rings. The molecule has 0 aromatic heterocycles. The molecule has 0 unspecified atom stereocenters. The number of carbonyl (C=O) groups is 1. The van der Waals surface area contributed by atoms with Crippen molar-refractivity contribution < 1.29 is 14.6 Å². The molecule has 2 atom stereocenters. The standard InChI is InChI=1S/C11H11N3O5/c15-10-5-4-9(14(18)19)11(12-10)7-2-1-3-8(6-7)13(16)17/h1-3,6,9,11H,4-5H2,(H,12,15)/t9-,11-/m0/s1. The molecule has 19 heavy (non-hydrogen) atoms. The Morgan fingerprint density at radius 1 is 1.26 bits per heavy atom. The third-order valence-corrected chi connectivity index (χ3v) is 3.08. The Bertz CT molecular complexity index is 545. The van der Waals surface area contributed by atoms with Crippen molar-refractivity contribution in [3.05, 3.63) is 50.1 Å². The van der Waals surface area contributed by atoms with Crippen LogP contribution in [-0.2, 0) is 4.79 Å². The number of nitrogens with zero attached hydrogens (tertiary/aromatic N) is 2. The highest BCUT2D eigenvalue weighted by Crippen LogP contribution is 2.28. The lowest BCUT2D eigenvalue weighted by molar-refractivity contribution is -0.529. The van der Waals surface area contributed by atoms with Crippen molar-refractivity contribution in [3.8, 4) is 0 Å². The van der Waals surface area contributed by atoms with Gasteiger partial charge in [-0.15, -0.1) is 0 Å². The van der Waals surface area contributed by atoms with Crippen LogP contribution in [0.5, 0.6) is 0 Å². The Hall–Kier alpha value is -2.51. The van der Waals surface area contributed by atoms with E-state index in [2.05, 4.69) is 5.32 Å². The summed E-state index contributed by atoms with van der Waals surface area (Å²) in [5.41, 5.74) is 0.225. The lowest BCUT2D eigenvalue weighted by Gasteiger charge is -2.26. The highest BCUT2D eigenvalue weighted by Gasteiger charge is 2.38. The summed E-state index contributed by atoms with van der Waals surface area (Å²) < 4.78 is 0. The van der Waals surface area contributed by atoms with Crippen LogP contribution in [0.2, 0.25) is 0 Å². The molecule has 2 rings (SSSR count). The van der Waals surface area contributed by atoms with Crippen LogP contribution in [0.3, 0.4) is 0 Å². The lowest BCUT2D eigenvalue weighted by Crippen LogP contribution is -2.45. The van der Waals surface area contributed by atoms with Gasteiger partial charge in [0.15, 0.2) is 0 Å². The number of carbonyl (C=O) groups excluding carboxylic acids is 1. The molecule has 8 heteroatoms. The molecule has 1 heterocycles. The second kappa shape index (κ2) is 5.01. The molecule has 1 saturated heterocycles. The van der Waals surface area contributed by atoms with Gasteiger partial charge in [0.05, 0.1) is 4.92 Å². The van der Waals surface area contributed by atoms with Gasteiger partial charge in [0.1, 0.15) is 6.04 Å². The van der Waals surface area contributed by atoms with E-state index >= 15 is 0 Å². The highest BCUT2D eigenvalue weighted by atomic mass is 16.6. The molecular weight excluding hydrogens is 254 g/mol. The monoisotopic (exact) mass is 265 g/mol. The summed E-state index contributed by atoms with van der Waals surface area (Å²) in [4.78, 5) is 32.0. The maximum absolute atomic E-state index is 11.4. The van der Waals surface area contributed by atoms with E-state index in [1.165, 1.54) is 18.2 Å². The average Bonchev–Trinajstić information content (AvgIpc) is 2.38. The smallest absolute Gasteiger partial charge is 0.269 e. The van der Waals surface area contributed by atoms with Crippen LogP contribution in [0, 0.1) is 20.2 Å². The van der Waals surface area contributed by atoms with E-state index in [0.717, 1.165) is 0 Å². The Morgan fingerprint density at radius 2 is 2.00 bits per heavy atom. The second-order valence-electron chi connectivity index (χ2n) is 4.29. The van der Waals surface area contributed by atoms with Gasteiger partial charge in [0.25, 0.3) is 5.69 Å². The summed E-state index contributed by atoms with van der Waals surface area (Å²) in [7, 11) is 0. The Balaban J connectivity index is 2.36. The fourth-order valence-electron chi connectivity index (χ4n) is 2.15. The number of nitro groups is 2. The van der Waals surface area contributed by atoms with Crippen LogP contribution in [0.25, 0.3) is 0 Å². The lowest BCUT2D eigenvalue weighted by atomic mass is 9.92. The number of nitro benzene ring substituents is 1. The molecule has 1 aliphatic rings. The summed E-state index contributed by atoms with van der Waals surface area (Å²) in [6.07, 6.45) is 0.225. The summed E-state index contributed by atoms with van der Waals surface area (Å²) in [5, 5.41) is 24.2. The van der Waals surface area contributed by atoms with Crippen LogP contribution in [0.15, 0.2) is 24.3 Å². The maximum Gasteiger partial charge on any atom is 0.269 e. The second-order valence-corrected chi connectivity index (χ2v) is 4.29. The van der Waals surface area contributed by atoms with Crippen LogP contribution in [-0.4, -0.2) is 21.8 Å². The molecule has 0 radical (unpaired) electrons. The van der Waals surface area contributed by atoms with E-state index in [9.17, 15) is 25.0 Å². The molecule has 0 bridgehead atoms. The van der Waals surface area contributed by atoms with Gasteiger partial charge in [-0.3, -0.25) is 25.0 Å². The number of rotatable bonds is 3. The summed E-state index contributed by atoms with van der Waals surface area (Å²) in [6.45, 7) is 0. The van der Waals surface area contributed by atoms with E-state index in [0.29, 0.717) is 5.56 Å². The molecule has 0 aliphatic carbocycles. The van der Waals surface area contributed by atoms with Crippen molar-refractivity contribution in [3.63, 3.8) is 0 Å². The van der Waals surface area contributed by atoms with Gasteiger partial charge in [-0.25, -0.2) is 0 Å². The molecule has 1 amide bonds. The highest BCUT2D eigenvalue weighted by molar-refractivity contribution is 5.77. The SMILES string of the molecule is O=C1CC[C@H]([N+](=O)[O-])[C@H](c2cccc([N+](=O)[O-])c2)N1. The van der Waals surface area contributed by atoms with Crippen LogP contribution < -0.4 is 5.32 Å². The van der Waals surface area contributed by atoms with Crippen LogP contribution in [0.4, 0.5) is 5.69 Å². The van der Waals surface area contributed by atoms with E-state index in [-0.39, 0.29) is 24.4 Å². The first-order chi connectivity index (χ1) is 8.99. The zero-order valence-corrected chi connectivity index (χ0v) is 9.81. The molecule has 1 aromatic rings. The molecule has 100 valence electrons. The zero-order chi connectivity index (χ0) is 14.0. The van der Waals surface area contributed by atoms with Gasteiger partial charge in [-0.1, -0.05) is 12.1 Å². The van der Waals surface area contributed by atoms with Gasteiger partial charge in [-0.2, -0.15) is 0 Å².